The van der Waals surface area contributed by atoms with E-state index in [0.29, 0.717) is 12.3 Å². The summed E-state index contributed by atoms with van der Waals surface area (Å²) in [6, 6.07) is 14.8. The van der Waals surface area contributed by atoms with Crippen molar-refractivity contribution < 1.29 is 14.3 Å². The van der Waals surface area contributed by atoms with E-state index in [0.717, 1.165) is 25.2 Å². The first-order valence-electron chi connectivity index (χ1n) is 9.71. The van der Waals surface area contributed by atoms with Gasteiger partial charge in [-0.1, -0.05) is 42.8 Å². The Morgan fingerprint density at radius 1 is 0.964 bits per heavy atom. The summed E-state index contributed by atoms with van der Waals surface area (Å²) in [6.07, 6.45) is 3.82. The Bertz CT molecular complexity index is 816. The predicted octanol–water partition coefficient (Wildman–Crippen LogP) is 2.47. The number of carbonyl (C=O) groups is 2. The molecule has 3 rings (SSSR count). The molecule has 2 amide bonds. The number of nitrogens with two attached hydrogens (primary N) is 1. The van der Waals surface area contributed by atoms with Gasteiger partial charge in [0.15, 0.2) is 6.61 Å². The normalized spacial score (nSPS) is 14.4. The molecular weight excluding hydrogens is 354 g/mol. The lowest BCUT2D eigenvalue weighted by molar-refractivity contribution is -0.123. The number of hydrogen-bond acceptors (Lipinski definition) is 4. The van der Waals surface area contributed by atoms with Crippen molar-refractivity contribution >= 4 is 11.8 Å². The van der Waals surface area contributed by atoms with Crippen molar-refractivity contribution in [3.63, 3.8) is 0 Å². The van der Waals surface area contributed by atoms with Gasteiger partial charge in [0.2, 0.25) is 0 Å². The van der Waals surface area contributed by atoms with Crippen molar-refractivity contribution in [1.82, 2.24) is 10.2 Å². The Labute approximate surface area is 165 Å². The van der Waals surface area contributed by atoms with Gasteiger partial charge in [-0.2, -0.15) is 0 Å². The number of piperidine rings is 1. The second-order valence-electron chi connectivity index (χ2n) is 7.03. The number of nitrogens with one attached hydrogen (secondary N) is 1. The highest BCUT2D eigenvalue weighted by atomic mass is 16.5. The van der Waals surface area contributed by atoms with Crippen LogP contribution in [0, 0.1) is 0 Å². The second kappa shape index (κ2) is 9.90. The van der Waals surface area contributed by atoms with E-state index in [1.165, 1.54) is 24.8 Å². The van der Waals surface area contributed by atoms with Crippen LogP contribution in [-0.4, -0.2) is 36.4 Å². The molecule has 0 aliphatic carbocycles. The zero-order valence-electron chi connectivity index (χ0n) is 16.0. The van der Waals surface area contributed by atoms with Crippen LogP contribution in [-0.2, 0) is 17.9 Å². The number of nitrogens with zero attached hydrogens (tertiary/aromatic N) is 1. The zero-order valence-corrected chi connectivity index (χ0v) is 16.0. The summed E-state index contributed by atoms with van der Waals surface area (Å²) >= 11 is 0. The predicted molar refractivity (Wildman–Crippen MR) is 108 cm³/mol. The molecule has 0 saturated carbocycles. The zero-order chi connectivity index (χ0) is 19.8. The number of rotatable bonds is 8. The molecule has 148 valence electrons. The number of ether oxygens (including phenoxy) is 1. The van der Waals surface area contributed by atoms with Gasteiger partial charge in [0.1, 0.15) is 5.75 Å². The molecule has 1 saturated heterocycles. The van der Waals surface area contributed by atoms with E-state index in [1.54, 1.807) is 24.3 Å². The highest BCUT2D eigenvalue weighted by Gasteiger charge is 2.13. The summed E-state index contributed by atoms with van der Waals surface area (Å²) in [5.74, 6) is -0.509. The van der Waals surface area contributed by atoms with Crippen LogP contribution in [0.15, 0.2) is 48.5 Å². The number of primary amides is 1. The molecule has 0 unspecified atom stereocenters. The van der Waals surface area contributed by atoms with Crippen LogP contribution in [0.4, 0.5) is 0 Å². The Hall–Kier alpha value is -2.86. The van der Waals surface area contributed by atoms with E-state index in [4.69, 9.17) is 10.5 Å². The molecule has 0 bridgehead atoms. The van der Waals surface area contributed by atoms with Crippen LogP contribution < -0.4 is 15.8 Å². The van der Waals surface area contributed by atoms with Gasteiger partial charge in [0.25, 0.3) is 11.8 Å². The van der Waals surface area contributed by atoms with Gasteiger partial charge >= 0.3 is 0 Å². The minimum atomic E-state index is -0.581. The van der Waals surface area contributed by atoms with Crippen molar-refractivity contribution in [2.24, 2.45) is 5.73 Å². The van der Waals surface area contributed by atoms with Crippen molar-refractivity contribution in [3.8, 4) is 5.75 Å². The fraction of sp³-hybridized carbons (Fsp3) is 0.364. The van der Waals surface area contributed by atoms with Crippen molar-refractivity contribution in [1.29, 1.82) is 0 Å². The molecule has 3 N–H and O–H groups in total. The summed E-state index contributed by atoms with van der Waals surface area (Å²) in [5, 5.41) is 2.90. The number of para-hydroxylation sites is 1. The first kappa shape index (κ1) is 19.9. The molecule has 1 fully saturated rings. The summed E-state index contributed by atoms with van der Waals surface area (Å²) < 4.78 is 5.48. The maximum atomic E-state index is 12.2. The number of benzene rings is 2. The molecule has 6 nitrogen and oxygen atoms in total. The van der Waals surface area contributed by atoms with E-state index < -0.39 is 5.91 Å². The molecule has 0 aromatic heterocycles. The lowest BCUT2D eigenvalue weighted by atomic mass is 10.0. The Morgan fingerprint density at radius 2 is 1.64 bits per heavy atom. The van der Waals surface area contributed by atoms with Gasteiger partial charge in [-0.3, -0.25) is 14.5 Å². The standard InChI is InChI=1S/C22H27N3O3/c23-22(27)19-10-4-5-11-20(19)28-16-21(26)24-14-17-8-2-3-9-18(17)15-25-12-6-1-7-13-25/h2-5,8-11H,1,6-7,12-16H2,(H2,23,27)(H,24,26). The molecule has 0 radical (unpaired) electrons. The average molecular weight is 381 g/mol. The van der Waals surface area contributed by atoms with E-state index in [1.807, 2.05) is 18.2 Å². The molecular formula is C22H27N3O3. The van der Waals surface area contributed by atoms with Crippen LogP contribution in [0.5, 0.6) is 5.75 Å². The third kappa shape index (κ3) is 5.57. The van der Waals surface area contributed by atoms with E-state index in [2.05, 4.69) is 16.3 Å². The molecule has 0 atom stereocenters. The highest BCUT2D eigenvalue weighted by Crippen LogP contribution is 2.18. The summed E-state index contributed by atoms with van der Waals surface area (Å²) in [6.45, 7) is 3.46. The monoisotopic (exact) mass is 381 g/mol. The Balaban J connectivity index is 1.53. The number of amides is 2. The van der Waals surface area contributed by atoms with Gasteiger partial charge in [0, 0.05) is 13.1 Å². The topological polar surface area (TPSA) is 84.7 Å². The molecule has 2 aromatic rings. The van der Waals surface area contributed by atoms with Crippen LogP contribution in [0.3, 0.4) is 0 Å². The SMILES string of the molecule is NC(=O)c1ccccc1OCC(=O)NCc1ccccc1CN1CCCCC1. The lowest BCUT2D eigenvalue weighted by Crippen LogP contribution is -2.31. The van der Waals surface area contributed by atoms with Crippen molar-refractivity contribution in [2.45, 2.75) is 32.4 Å². The van der Waals surface area contributed by atoms with E-state index in [-0.39, 0.29) is 18.1 Å². The van der Waals surface area contributed by atoms with Crippen molar-refractivity contribution in [3.05, 3.63) is 65.2 Å². The van der Waals surface area contributed by atoms with E-state index >= 15 is 0 Å². The molecule has 1 heterocycles. The van der Waals surface area contributed by atoms with Gasteiger partial charge in [-0.25, -0.2) is 0 Å². The molecule has 0 spiro atoms. The van der Waals surface area contributed by atoms with Gasteiger partial charge in [-0.15, -0.1) is 0 Å². The van der Waals surface area contributed by atoms with Crippen LogP contribution in [0.2, 0.25) is 0 Å². The third-order valence-corrected chi connectivity index (χ3v) is 4.95. The molecule has 2 aromatic carbocycles. The minimum Gasteiger partial charge on any atom is -0.483 e. The maximum absolute atomic E-state index is 12.2. The molecule has 1 aliphatic heterocycles. The van der Waals surface area contributed by atoms with Crippen LogP contribution in [0.25, 0.3) is 0 Å². The van der Waals surface area contributed by atoms with Gasteiger partial charge in [-0.05, 0) is 49.2 Å². The van der Waals surface area contributed by atoms with Gasteiger partial charge < -0.3 is 15.8 Å². The second-order valence-corrected chi connectivity index (χ2v) is 7.03. The fourth-order valence-electron chi connectivity index (χ4n) is 3.43. The largest absolute Gasteiger partial charge is 0.483 e. The fourth-order valence-corrected chi connectivity index (χ4v) is 3.43. The number of likely N-dealkylation sites (tertiary alicyclic amines) is 1. The number of hydrogen-bond donors (Lipinski definition) is 2. The van der Waals surface area contributed by atoms with Crippen LogP contribution in [0.1, 0.15) is 40.7 Å². The Kier molecular flexibility index (Phi) is 7.03. The van der Waals surface area contributed by atoms with Gasteiger partial charge in [0.05, 0.1) is 5.56 Å². The molecule has 6 heteroatoms. The Morgan fingerprint density at radius 3 is 2.39 bits per heavy atom. The maximum Gasteiger partial charge on any atom is 0.258 e. The average Bonchev–Trinajstić information content (AvgIpc) is 2.72. The molecule has 28 heavy (non-hydrogen) atoms. The first-order valence-corrected chi connectivity index (χ1v) is 9.71. The lowest BCUT2D eigenvalue weighted by Gasteiger charge is -2.27. The highest BCUT2D eigenvalue weighted by molar-refractivity contribution is 5.95. The minimum absolute atomic E-state index is 0.168. The third-order valence-electron chi connectivity index (χ3n) is 4.95. The van der Waals surface area contributed by atoms with E-state index in [9.17, 15) is 9.59 Å². The quantitative estimate of drug-likeness (QED) is 0.736. The number of carbonyl (C=O) groups excluding carboxylic acids is 2. The first-order chi connectivity index (χ1) is 13.6. The van der Waals surface area contributed by atoms with Crippen molar-refractivity contribution in [2.75, 3.05) is 19.7 Å². The van der Waals surface area contributed by atoms with Crippen LogP contribution >= 0.6 is 0 Å². The summed E-state index contributed by atoms with van der Waals surface area (Å²) in [7, 11) is 0. The summed E-state index contributed by atoms with van der Waals surface area (Å²) in [4.78, 5) is 26.1. The smallest absolute Gasteiger partial charge is 0.258 e. The summed E-state index contributed by atoms with van der Waals surface area (Å²) in [5.41, 5.74) is 7.94. The molecule has 1 aliphatic rings.